The summed E-state index contributed by atoms with van der Waals surface area (Å²) in [7, 11) is 0. The van der Waals surface area contributed by atoms with Gasteiger partial charge in [-0.1, -0.05) is 35.5 Å². The number of carbonyl (C=O) groups is 1. The summed E-state index contributed by atoms with van der Waals surface area (Å²) in [6, 6.07) is 9.92. The Hall–Kier alpha value is -2.21. The number of hydrogen-bond acceptors (Lipinski definition) is 5. The van der Waals surface area contributed by atoms with Gasteiger partial charge in [-0.2, -0.15) is 4.98 Å². The molecule has 0 N–H and O–H groups in total. The maximum atomic E-state index is 12.4. The van der Waals surface area contributed by atoms with Gasteiger partial charge in [0.05, 0.1) is 13.0 Å². The van der Waals surface area contributed by atoms with E-state index in [1.54, 1.807) is 0 Å². The van der Waals surface area contributed by atoms with Gasteiger partial charge in [0.2, 0.25) is 11.8 Å². The van der Waals surface area contributed by atoms with E-state index in [4.69, 9.17) is 4.52 Å². The molecule has 1 aliphatic carbocycles. The fourth-order valence-electron chi connectivity index (χ4n) is 3.07. The normalized spacial score (nSPS) is 18.8. The van der Waals surface area contributed by atoms with Gasteiger partial charge in [-0.3, -0.25) is 9.69 Å². The molecule has 1 aromatic heterocycles. The van der Waals surface area contributed by atoms with E-state index in [0.29, 0.717) is 18.9 Å². The molecule has 4 rings (SSSR count). The summed E-state index contributed by atoms with van der Waals surface area (Å²) in [5.41, 5.74) is 1.07. The predicted octanol–water partition coefficient (Wildman–Crippen LogP) is 1.83. The second-order valence-electron chi connectivity index (χ2n) is 6.64. The minimum atomic E-state index is 0.205. The lowest BCUT2D eigenvalue weighted by Gasteiger charge is -2.34. The number of carbonyl (C=O) groups excluding carboxylic acids is 1. The van der Waals surface area contributed by atoms with Crippen LogP contribution in [0.3, 0.4) is 0 Å². The number of amides is 1. The van der Waals surface area contributed by atoms with Crippen LogP contribution in [-0.4, -0.2) is 52.0 Å². The molecular formula is C18H22N4O2. The molecule has 1 amide bonds. The van der Waals surface area contributed by atoms with Crippen LogP contribution >= 0.6 is 0 Å². The maximum Gasteiger partial charge on any atom is 0.229 e. The Morgan fingerprint density at radius 1 is 1.12 bits per heavy atom. The van der Waals surface area contributed by atoms with Crippen molar-refractivity contribution in [2.24, 2.45) is 0 Å². The first-order valence-electron chi connectivity index (χ1n) is 8.64. The zero-order valence-electron chi connectivity index (χ0n) is 13.7. The highest BCUT2D eigenvalue weighted by molar-refractivity contribution is 5.78. The molecule has 2 aliphatic rings. The first-order valence-corrected chi connectivity index (χ1v) is 8.64. The number of hydrogen-bond donors (Lipinski definition) is 0. The van der Waals surface area contributed by atoms with Crippen LogP contribution in [0.5, 0.6) is 0 Å². The van der Waals surface area contributed by atoms with Crippen molar-refractivity contribution in [1.29, 1.82) is 0 Å². The van der Waals surface area contributed by atoms with Crippen LogP contribution in [0.4, 0.5) is 0 Å². The number of rotatable bonds is 5. The highest BCUT2D eigenvalue weighted by Crippen LogP contribution is 2.38. The summed E-state index contributed by atoms with van der Waals surface area (Å²) in [4.78, 5) is 21.1. The highest BCUT2D eigenvalue weighted by atomic mass is 16.5. The molecule has 0 bridgehead atoms. The molecule has 6 heteroatoms. The van der Waals surface area contributed by atoms with E-state index in [9.17, 15) is 4.79 Å². The van der Waals surface area contributed by atoms with Gasteiger partial charge < -0.3 is 9.42 Å². The van der Waals surface area contributed by atoms with Crippen molar-refractivity contribution in [3.05, 3.63) is 47.6 Å². The van der Waals surface area contributed by atoms with E-state index in [2.05, 4.69) is 15.0 Å². The zero-order valence-corrected chi connectivity index (χ0v) is 13.7. The molecule has 2 heterocycles. The molecule has 1 saturated heterocycles. The van der Waals surface area contributed by atoms with E-state index in [-0.39, 0.29) is 5.91 Å². The Morgan fingerprint density at radius 2 is 1.88 bits per heavy atom. The molecule has 1 aromatic carbocycles. The first-order chi connectivity index (χ1) is 11.8. The second-order valence-corrected chi connectivity index (χ2v) is 6.64. The third kappa shape index (κ3) is 3.64. The Morgan fingerprint density at radius 3 is 2.58 bits per heavy atom. The summed E-state index contributed by atoms with van der Waals surface area (Å²) in [6.07, 6.45) is 2.82. The minimum absolute atomic E-state index is 0.205. The molecule has 1 aliphatic heterocycles. The van der Waals surface area contributed by atoms with Crippen LogP contribution < -0.4 is 0 Å². The van der Waals surface area contributed by atoms with Crippen LogP contribution in [0.25, 0.3) is 0 Å². The van der Waals surface area contributed by atoms with E-state index in [1.807, 2.05) is 35.2 Å². The van der Waals surface area contributed by atoms with Gasteiger partial charge >= 0.3 is 0 Å². The van der Waals surface area contributed by atoms with Gasteiger partial charge in [-0.15, -0.1) is 0 Å². The summed E-state index contributed by atoms with van der Waals surface area (Å²) in [5.74, 6) is 2.26. The number of piperazine rings is 1. The lowest BCUT2D eigenvalue weighted by Crippen LogP contribution is -2.48. The average molecular weight is 326 g/mol. The van der Waals surface area contributed by atoms with Crippen molar-refractivity contribution < 1.29 is 9.32 Å². The van der Waals surface area contributed by atoms with E-state index < -0.39 is 0 Å². The largest absolute Gasteiger partial charge is 0.340 e. The summed E-state index contributed by atoms with van der Waals surface area (Å²) >= 11 is 0. The van der Waals surface area contributed by atoms with E-state index >= 15 is 0 Å². The maximum absolute atomic E-state index is 12.4. The fourth-order valence-corrected chi connectivity index (χ4v) is 3.07. The van der Waals surface area contributed by atoms with Crippen LogP contribution in [-0.2, 0) is 17.8 Å². The van der Waals surface area contributed by atoms with Crippen LogP contribution in [0.1, 0.15) is 36.0 Å². The standard InChI is InChI=1S/C18H22N4O2/c23-17(12-14-4-2-1-3-5-14)22-10-8-21(9-11-22)13-16-19-18(24-20-16)15-6-7-15/h1-5,15H,6-13H2. The second kappa shape index (κ2) is 6.73. The monoisotopic (exact) mass is 326 g/mol. The summed E-state index contributed by atoms with van der Waals surface area (Å²) < 4.78 is 5.30. The van der Waals surface area contributed by atoms with Crippen LogP contribution in [0, 0.1) is 0 Å². The summed E-state index contributed by atoms with van der Waals surface area (Å²) in [6.45, 7) is 3.94. The molecule has 0 atom stereocenters. The van der Waals surface area contributed by atoms with E-state index in [1.165, 1.54) is 12.8 Å². The van der Waals surface area contributed by atoms with Crippen LogP contribution in [0.2, 0.25) is 0 Å². The molecule has 6 nitrogen and oxygen atoms in total. The van der Waals surface area contributed by atoms with E-state index in [0.717, 1.165) is 43.5 Å². The molecule has 24 heavy (non-hydrogen) atoms. The van der Waals surface area contributed by atoms with Crippen molar-refractivity contribution in [2.45, 2.75) is 31.7 Å². The average Bonchev–Trinajstić information content (AvgIpc) is 3.36. The summed E-state index contributed by atoms with van der Waals surface area (Å²) in [5, 5.41) is 4.07. The smallest absolute Gasteiger partial charge is 0.229 e. The van der Waals surface area contributed by atoms with Gasteiger partial charge in [-0.25, -0.2) is 0 Å². The topological polar surface area (TPSA) is 62.5 Å². The molecule has 0 spiro atoms. The Labute approximate surface area is 141 Å². The quantitative estimate of drug-likeness (QED) is 0.839. The minimum Gasteiger partial charge on any atom is -0.340 e. The van der Waals surface area contributed by atoms with Crippen LogP contribution in [0.15, 0.2) is 34.9 Å². The van der Waals surface area contributed by atoms with Crippen molar-refractivity contribution in [3.63, 3.8) is 0 Å². The molecule has 126 valence electrons. The Balaban J connectivity index is 1.26. The van der Waals surface area contributed by atoms with Gasteiger partial charge in [0.25, 0.3) is 0 Å². The molecular weight excluding hydrogens is 304 g/mol. The highest BCUT2D eigenvalue weighted by Gasteiger charge is 2.30. The Kier molecular flexibility index (Phi) is 4.30. The van der Waals surface area contributed by atoms with Crippen molar-refractivity contribution >= 4 is 5.91 Å². The van der Waals surface area contributed by atoms with Gasteiger partial charge in [-0.05, 0) is 18.4 Å². The molecule has 0 radical (unpaired) electrons. The molecule has 2 aromatic rings. The van der Waals surface area contributed by atoms with Crippen molar-refractivity contribution in [3.8, 4) is 0 Å². The predicted molar refractivity (Wildman–Crippen MR) is 88.3 cm³/mol. The van der Waals surface area contributed by atoms with Gasteiger partial charge in [0.15, 0.2) is 5.82 Å². The third-order valence-corrected chi connectivity index (χ3v) is 4.70. The molecule has 1 saturated carbocycles. The number of nitrogens with zero attached hydrogens (tertiary/aromatic N) is 4. The fraction of sp³-hybridized carbons (Fsp3) is 0.500. The number of aromatic nitrogens is 2. The zero-order chi connectivity index (χ0) is 16.4. The lowest BCUT2D eigenvalue weighted by atomic mass is 10.1. The first kappa shape index (κ1) is 15.3. The van der Waals surface area contributed by atoms with Crippen molar-refractivity contribution in [2.75, 3.05) is 26.2 Å². The van der Waals surface area contributed by atoms with Gasteiger partial charge in [0.1, 0.15) is 0 Å². The molecule has 2 fully saturated rings. The lowest BCUT2D eigenvalue weighted by molar-refractivity contribution is -0.132. The Bertz CT molecular complexity index is 688. The number of benzene rings is 1. The van der Waals surface area contributed by atoms with Crippen molar-refractivity contribution in [1.82, 2.24) is 19.9 Å². The van der Waals surface area contributed by atoms with Gasteiger partial charge in [0, 0.05) is 32.1 Å². The third-order valence-electron chi connectivity index (χ3n) is 4.70. The SMILES string of the molecule is O=C(Cc1ccccc1)N1CCN(Cc2noc(C3CC3)n2)CC1. The molecule has 0 unspecified atom stereocenters.